The van der Waals surface area contributed by atoms with Gasteiger partial charge in [0.15, 0.2) is 5.43 Å². The van der Waals surface area contributed by atoms with Crippen molar-refractivity contribution in [3.05, 3.63) is 68.2 Å². The lowest BCUT2D eigenvalue weighted by molar-refractivity contribution is 0.0718. The summed E-state index contributed by atoms with van der Waals surface area (Å²) in [5, 5.41) is 2.48. The van der Waals surface area contributed by atoms with E-state index >= 15 is 0 Å². The van der Waals surface area contributed by atoms with Gasteiger partial charge in [-0.05, 0) is 37.7 Å². The number of rotatable bonds is 4. The van der Waals surface area contributed by atoms with Gasteiger partial charge in [-0.15, -0.1) is 11.3 Å². The van der Waals surface area contributed by atoms with Gasteiger partial charge in [0.25, 0.3) is 5.91 Å². The van der Waals surface area contributed by atoms with E-state index in [1.54, 1.807) is 34.4 Å². The van der Waals surface area contributed by atoms with Crippen molar-refractivity contribution in [2.75, 3.05) is 27.2 Å². The van der Waals surface area contributed by atoms with Gasteiger partial charge in [-0.25, -0.2) is 0 Å². The summed E-state index contributed by atoms with van der Waals surface area (Å²) in [7, 11) is 3.93. The molecule has 1 aliphatic heterocycles. The Morgan fingerprint density at radius 2 is 1.96 bits per heavy atom. The Bertz CT molecular complexity index is 992. The van der Waals surface area contributed by atoms with E-state index in [2.05, 4.69) is 0 Å². The van der Waals surface area contributed by atoms with Crippen molar-refractivity contribution in [3.63, 3.8) is 0 Å². The zero-order valence-corrected chi connectivity index (χ0v) is 14.9. The molecule has 0 fully saturated rings. The highest BCUT2D eigenvalue weighted by Crippen LogP contribution is 2.39. The summed E-state index contributed by atoms with van der Waals surface area (Å²) in [6.45, 7) is 1.25. The van der Waals surface area contributed by atoms with E-state index in [0.29, 0.717) is 23.1 Å². The topological polar surface area (TPSA) is 53.8 Å². The van der Waals surface area contributed by atoms with Crippen LogP contribution in [0.3, 0.4) is 0 Å². The van der Waals surface area contributed by atoms with Gasteiger partial charge in [-0.1, -0.05) is 18.2 Å². The van der Waals surface area contributed by atoms with E-state index in [0.717, 1.165) is 11.4 Å². The van der Waals surface area contributed by atoms with Crippen LogP contribution in [0.4, 0.5) is 0 Å². The number of nitrogens with zero attached hydrogens (tertiary/aromatic N) is 2. The van der Waals surface area contributed by atoms with Crippen molar-refractivity contribution >= 4 is 28.2 Å². The Morgan fingerprint density at radius 1 is 1.16 bits per heavy atom. The van der Waals surface area contributed by atoms with Crippen LogP contribution in [0.2, 0.25) is 0 Å². The highest BCUT2D eigenvalue weighted by molar-refractivity contribution is 7.10. The number of hydrogen-bond acceptors (Lipinski definition) is 5. The summed E-state index contributed by atoms with van der Waals surface area (Å²) in [4.78, 5) is 30.9. The van der Waals surface area contributed by atoms with E-state index < -0.39 is 0 Å². The van der Waals surface area contributed by atoms with Crippen LogP contribution < -0.4 is 5.43 Å². The van der Waals surface area contributed by atoms with Crippen molar-refractivity contribution < 1.29 is 9.21 Å². The van der Waals surface area contributed by atoms with Crippen LogP contribution in [-0.4, -0.2) is 42.9 Å². The van der Waals surface area contributed by atoms with Crippen molar-refractivity contribution in [2.24, 2.45) is 0 Å². The lowest BCUT2D eigenvalue weighted by atomic mass is 10.0. The molecule has 0 aliphatic carbocycles. The van der Waals surface area contributed by atoms with Crippen molar-refractivity contribution in [3.8, 4) is 0 Å². The molecule has 0 N–H and O–H groups in total. The fraction of sp³-hybridized carbons (Fsp3) is 0.263. The number of benzene rings is 1. The molecule has 0 bridgehead atoms. The smallest absolute Gasteiger partial charge is 0.290 e. The van der Waals surface area contributed by atoms with Crippen molar-refractivity contribution in [1.29, 1.82) is 0 Å². The Kier molecular flexibility index (Phi) is 3.94. The Balaban J connectivity index is 1.92. The number of carbonyl (C=O) groups is 1. The Hall–Kier alpha value is -2.44. The predicted molar refractivity (Wildman–Crippen MR) is 98.2 cm³/mol. The van der Waals surface area contributed by atoms with E-state index in [4.69, 9.17) is 4.42 Å². The number of thiophene rings is 1. The number of para-hydroxylation sites is 1. The van der Waals surface area contributed by atoms with Gasteiger partial charge in [0.2, 0.25) is 5.76 Å². The maximum Gasteiger partial charge on any atom is 0.290 e. The van der Waals surface area contributed by atoms with Crippen LogP contribution in [0.5, 0.6) is 0 Å². The molecular weight excluding hydrogens is 336 g/mol. The lowest BCUT2D eigenvalue weighted by Crippen LogP contribution is -2.35. The number of carbonyl (C=O) groups excluding carboxylic acids is 1. The average molecular weight is 354 g/mol. The van der Waals surface area contributed by atoms with Crippen LogP contribution in [0.25, 0.3) is 11.0 Å². The molecule has 3 aromatic rings. The summed E-state index contributed by atoms with van der Waals surface area (Å²) >= 11 is 1.55. The molecule has 6 heteroatoms. The molecule has 4 rings (SSSR count). The standard InChI is InChI=1S/C19H18N2O3S/c1-20(2)9-10-21-16(14-8-5-11-25-14)15-17(22)12-6-3-4-7-13(12)24-18(15)19(21)23/h3-8,11,16H,9-10H2,1-2H3/t16-/m1/s1. The zero-order chi connectivity index (χ0) is 17.6. The minimum Gasteiger partial charge on any atom is -0.450 e. The first-order valence-electron chi connectivity index (χ1n) is 8.13. The van der Waals surface area contributed by atoms with E-state index in [1.165, 1.54) is 0 Å². The quantitative estimate of drug-likeness (QED) is 0.723. The van der Waals surface area contributed by atoms with E-state index in [-0.39, 0.29) is 23.1 Å². The van der Waals surface area contributed by atoms with Gasteiger partial charge in [0, 0.05) is 18.0 Å². The van der Waals surface area contributed by atoms with Gasteiger partial charge in [0.1, 0.15) is 5.58 Å². The van der Waals surface area contributed by atoms with Crippen LogP contribution in [0, 0.1) is 0 Å². The predicted octanol–water partition coefficient (Wildman–Crippen LogP) is 2.96. The van der Waals surface area contributed by atoms with Crippen LogP contribution in [-0.2, 0) is 0 Å². The monoisotopic (exact) mass is 354 g/mol. The fourth-order valence-electron chi connectivity index (χ4n) is 3.25. The maximum absolute atomic E-state index is 13.1. The highest BCUT2D eigenvalue weighted by atomic mass is 32.1. The zero-order valence-electron chi connectivity index (χ0n) is 14.1. The van der Waals surface area contributed by atoms with Gasteiger partial charge < -0.3 is 14.2 Å². The molecule has 3 heterocycles. The molecule has 1 aliphatic rings. The molecule has 2 aromatic heterocycles. The van der Waals surface area contributed by atoms with Crippen molar-refractivity contribution in [2.45, 2.75) is 6.04 Å². The molecule has 128 valence electrons. The largest absolute Gasteiger partial charge is 0.450 e. The normalized spacial score (nSPS) is 16.8. The Morgan fingerprint density at radius 3 is 2.68 bits per heavy atom. The van der Waals surface area contributed by atoms with E-state index in [9.17, 15) is 9.59 Å². The van der Waals surface area contributed by atoms with Crippen LogP contribution in [0.1, 0.15) is 27.0 Å². The van der Waals surface area contributed by atoms with Gasteiger partial charge in [0.05, 0.1) is 17.0 Å². The number of amides is 1. The molecule has 1 atom stereocenters. The molecule has 0 unspecified atom stereocenters. The van der Waals surface area contributed by atoms with Crippen LogP contribution >= 0.6 is 11.3 Å². The lowest BCUT2D eigenvalue weighted by Gasteiger charge is -2.25. The maximum atomic E-state index is 13.1. The molecule has 25 heavy (non-hydrogen) atoms. The molecular formula is C19H18N2O3S. The summed E-state index contributed by atoms with van der Waals surface area (Å²) < 4.78 is 5.86. The summed E-state index contributed by atoms with van der Waals surface area (Å²) in [6.07, 6.45) is 0. The fourth-order valence-corrected chi connectivity index (χ4v) is 4.09. The first kappa shape index (κ1) is 16.1. The first-order chi connectivity index (χ1) is 12.1. The second-order valence-corrected chi connectivity index (χ2v) is 7.37. The minimum absolute atomic E-state index is 0.115. The second-order valence-electron chi connectivity index (χ2n) is 6.39. The summed E-state index contributed by atoms with van der Waals surface area (Å²) in [5.41, 5.74) is 0.805. The SMILES string of the molecule is CN(C)CCN1C(=O)c2oc3ccccc3c(=O)c2[C@H]1c1cccs1. The van der Waals surface area contributed by atoms with Crippen LogP contribution in [0.15, 0.2) is 51.0 Å². The third kappa shape index (κ3) is 2.58. The number of fused-ring (bicyclic) bond motifs is 2. The average Bonchev–Trinajstić information content (AvgIpc) is 3.21. The molecule has 0 saturated carbocycles. The minimum atomic E-state index is -0.372. The second kappa shape index (κ2) is 6.13. The van der Waals surface area contributed by atoms with Gasteiger partial charge in [-0.3, -0.25) is 9.59 Å². The summed E-state index contributed by atoms with van der Waals surface area (Å²) in [5.74, 6) is -0.0287. The molecule has 1 aromatic carbocycles. The molecule has 0 spiro atoms. The number of hydrogen-bond donors (Lipinski definition) is 0. The molecule has 0 saturated heterocycles. The molecule has 5 nitrogen and oxygen atoms in total. The number of likely N-dealkylation sites (N-methyl/N-ethyl adjacent to an activating group) is 1. The molecule has 1 amide bonds. The Labute approximate surface area is 149 Å². The third-order valence-electron chi connectivity index (χ3n) is 4.47. The van der Waals surface area contributed by atoms with Gasteiger partial charge >= 0.3 is 0 Å². The summed E-state index contributed by atoms with van der Waals surface area (Å²) in [6, 6.07) is 10.6. The first-order valence-corrected chi connectivity index (χ1v) is 9.00. The van der Waals surface area contributed by atoms with Crippen molar-refractivity contribution in [1.82, 2.24) is 9.80 Å². The highest BCUT2D eigenvalue weighted by Gasteiger charge is 2.42. The molecule has 0 radical (unpaired) electrons. The van der Waals surface area contributed by atoms with E-state index in [1.807, 2.05) is 42.6 Å². The van der Waals surface area contributed by atoms with Gasteiger partial charge in [-0.2, -0.15) is 0 Å². The third-order valence-corrected chi connectivity index (χ3v) is 5.40.